The predicted octanol–water partition coefficient (Wildman–Crippen LogP) is 3.41. The van der Waals surface area contributed by atoms with Gasteiger partial charge in [-0.15, -0.1) is 8.78 Å². The van der Waals surface area contributed by atoms with E-state index in [9.17, 15) is 18.4 Å². The summed E-state index contributed by atoms with van der Waals surface area (Å²) in [6, 6.07) is 12.2. The van der Waals surface area contributed by atoms with E-state index in [2.05, 4.69) is 20.7 Å². The Hall–Kier alpha value is -2.87. The summed E-state index contributed by atoms with van der Waals surface area (Å²) in [5.74, 6) is -0.464. The summed E-state index contributed by atoms with van der Waals surface area (Å²) in [5.41, 5.74) is -2.14. The van der Waals surface area contributed by atoms with Crippen LogP contribution in [0.5, 0.6) is 5.75 Å². The third-order valence-corrected chi connectivity index (χ3v) is 3.92. The van der Waals surface area contributed by atoms with Gasteiger partial charge in [0, 0.05) is 41.5 Å². The molecule has 1 saturated heterocycles. The molecule has 27 heavy (non-hydrogen) atoms. The molecule has 1 heterocycles. The van der Waals surface area contributed by atoms with Gasteiger partial charge in [-0.1, -0.05) is 0 Å². The number of halogens is 3. The molecule has 1 aliphatic rings. The predicted molar refractivity (Wildman–Crippen MR) is 97.3 cm³/mol. The minimum absolute atomic E-state index is 0.00897. The van der Waals surface area contributed by atoms with Crippen LogP contribution >= 0.6 is 11.6 Å². The molecule has 1 atom stereocenters. The van der Waals surface area contributed by atoms with Gasteiger partial charge in [-0.2, -0.15) is 0 Å². The van der Waals surface area contributed by atoms with Crippen molar-refractivity contribution < 1.29 is 23.1 Å². The molecule has 0 radical (unpaired) electrons. The van der Waals surface area contributed by atoms with E-state index < -0.39 is 5.57 Å². The minimum atomic E-state index is -3.79. The molecule has 0 saturated carbocycles. The van der Waals surface area contributed by atoms with Crippen molar-refractivity contribution in [3.63, 3.8) is 0 Å². The number of hydrogen-bond donors (Lipinski definition) is 3. The van der Waals surface area contributed by atoms with Crippen LogP contribution < -0.4 is 20.7 Å². The summed E-state index contributed by atoms with van der Waals surface area (Å²) in [6.45, 7) is 0.566. The van der Waals surface area contributed by atoms with E-state index in [1.54, 1.807) is 24.3 Å². The fourth-order valence-electron chi connectivity index (χ4n) is 2.60. The van der Waals surface area contributed by atoms with E-state index >= 15 is 0 Å². The van der Waals surface area contributed by atoms with Gasteiger partial charge in [0.25, 0.3) is 5.91 Å². The number of alkyl halides is 3. The lowest BCUT2D eigenvalue weighted by Gasteiger charge is -2.13. The van der Waals surface area contributed by atoms with Gasteiger partial charge in [-0.3, -0.25) is 9.59 Å². The number of carbonyl (C=O) groups is 2. The highest BCUT2D eigenvalue weighted by Crippen LogP contribution is 2.26. The van der Waals surface area contributed by atoms with Crippen molar-refractivity contribution in [2.75, 3.05) is 17.2 Å². The van der Waals surface area contributed by atoms with Gasteiger partial charge in [-0.25, -0.2) is 0 Å². The standard InChI is InChI=1S/C18H16ClF2N3O3/c19-18(20,21)27-15-7-5-13(6-8-15)24-17(26)11-1-3-12(4-2-11)23-14-9-16(25)22-10-14/h1-8,14,23H,9-10H2,(H,22,25)(H,24,26). The lowest BCUT2D eigenvalue weighted by molar-refractivity contribution is -0.119. The van der Waals surface area contributed by atoms with Gasteiger partial charge in [0.2, 0.25) is 5.91 Å². The van der Waals surface area contributed by atoms with Crippen molar-refractivity contribution in [3.05, 3.63) is 54.1 Å². The van der Waals surface area contributed by atoms with Gasteiger partial charge in [-0.05, 0) is 48.5 Å². The van der Waals surface area contributed by atoms with Gasteiger partial charge < -0.3 is 20.7 Å². The average Bonchev–Trinajstić information content (AvgIpc) is 3.01. The zero-order chi connectivity index (χ0) is 19.4. The quantitative estimate of drug-likeness (QED) is 0.655. The first kappa shape index (κ1) is 18.9. The number of benzene rings is 2. The SMILES string of the molecule is O=C1CC(Nc2ccc(C(=O)Nc3ccc(OC(F)(F)Cl)cc3)cc2)CN1. The molecular weight excluding hydrogens is 380 g/mol. The Morgan fingerprint density at radius 3 is 2.30 bits per heavy atom. The van der Waals surface area contributed by atoms with Crippen LogP contribution in [0.25, 0.3) is 0 Å². The topological polar surface area (TPSA) is 79.5 Å². The number of anilines is 2. The molecule has 9 heteroatoms. The lowest BCUT2D eigenvalue weighted by Crippen LogP contribution is -2.22. The third-order valence-electron chi connectivity index (χ3n) is 3.84. The Bertz CT molecular complexity index is 823. The molecular formula is C18H16ClF2N3O3. The molecule has 1 fully saturated rings. The molecule has 3 N–H and O–H groups in total. The Labute approximate surface area is 158 Å². The number of ether oxygens (including phenoxy) is 1. The highest BCUT2D eigenvalue weighted by molar-refractivity contribution is 6.20. The molecule has 6 nitrogen and oxygen atoms in total. The third kappa shape index (κ3) is 5.55. The van der Waals surface area contributed by atoms with Crippen LogP contribution in [-0.2, 0) is 4.79 Å². The minimum Gasteiger partial charge on any atom is -0.420 e. The number of carbonyl (C=O) groups excluding carboxylic acids is 2. The lowest BCUT2D eigenvalue weighted by atomic mass is 10.1. The number of amides is 2. The largest absolute Gasteiger partial charge is 0.487 e. The maximum absolute atomic E-state index is 12.6. The Kier molecular flexibility index (Phi) is 5.46. The number of rotatable bonds is 6. The Morgan fingerprint density at radius 1 is 1.11 bits per heavy atom. The maximum atomic E-state index is 12.6. The van der Waals surface area contributed by atoms with E-state index in [4.69, 9.17) is 11.6 Å². The van der Waals surface area contributed by atoms with Crippen molar-refractivity contribution in [2.45, 2.75) is 18.0 Å². The van der Waals surface area contributed by atoms with E-state index in [-0.39, 0.29) is 23.6 Å². The summed E-state index contributed by atoms with van der Waals surface area (Å²) in [5, 5.41) is 8.61. The van der Waals surface area contributed by atoms with E-state index in [1.807, 2.05) is 0 Å². The second-order valence-electron chi connectivity index (χ2n) is 5.95. The van der Waals surface area contributed by atoms with Crippen molar-refractivity contribution in [2.24, 2.45) is 0 Å². The highest BCUT2D eigenvalue weighted by atomic mass is 35.5. The van der Waals surface area contributed by atoms with E-state index in [1.165, 1.54) is 24.3 Å². The van der Waals surface area contributed by atoms with Crippen LogP contribution in [-0.4, -0.2) is 30.0 Å². The van der Waals surface area contributed by atoms with Crippen LogP contribution in [0.4, 0.5) is 20.2 Å². The zero-order valence-electron chi connectivity index (χ0n) is 14.0. The van der Waals surface area contributed by atoms with Gasteiger partial charge >= 0.3 is 5.57 Å². The second kappa shape index (κ2) is 7.79. The molecule has 1 aliphatic heterocycles. The Morgan fingerprint density at radius 2 is 1.74 bits per heavy atom. The average molecular weight is 396 g/mol. The van der Waals surface area contributed by atoms with Crippen molar-refractivity contribution >= 4 is 34.8 Å². The molecule has 3 rings (SSSR count). The summed E-state index contributed by atoms with van der Waals surface area (Å²) < 4.78 is 29.3. The molecule has 1 unspecified atom stereocenters. The zero-order valence-corrected chi connectivity index (χ0v) is 14.7. The van der Waals surface area contributed by atoms with Crippen molar-refractivity contribution in [1.82, 2.24) is 5.32 Å². The Balaban J connectivity index is 1.57. The molecule has 0 aromatic heterocycles. The van der Waals surface area contributed by atoms with Crippen molar-refractivity contribution in [1.29, 1.82) is 0 Å². The second-order valence-corrected chi connectivity index (χ2v) is 6.39. The molecule has 0 aliphatic carbocycles. The molecule has 142 valence electrons. The van der Waals surface area contributed by atoms with Crippen LogP contribution in [0.1, 0.15) is 16.8 Å². The first-order valence-corrected chi connectivity index (χ1v) is 8.47. The normalized spacial score (nSPS) is 16.6. The smallest absolute Gasteiger partial charge is 0.420 e. The monoisotopic (exact) mass is 395 g/mol. The first-order valence-electron chi connectivity index (χ1n) is 8.09. The van der Waals surface area contributed by atoms with E-state index in [0.29, 0.717) is 24.2 Å². The van der Waals surface area contributed by atoms with E-state index in [0.717, 1.165) is 5.69 Å². The molecule has 2 aromatic rings. The summed E-state index contributed by atoms with van der Waals surface area (Å²) in [7, 11) is 0. The number of nitrogens with one attached hydrogen (secondary N) is 3. The van der Waals surface area contributed by atoms with Gasteiger partial charge in [0.1, 0.15) is 5.75 Å². The molecule has 0 bridgehead atoms. The summed E-state index contributed by atoms with van der Waals surface area (Å²) >= 11 is 4.69. The van der Waals surface area contributed by atoms with Crippen LogP contribution in [0.15, 0.2) is 48.5 Å². The summed E-state index contributed by atoms with van der Waals surface area (Å²) in [4.78, 5) is 23.5. The summed E-state index contributed by atoms with van der Waals surface area (Å²) in [6.07, 6.45) is 0.414. The first-order chi connectivity index (χ1) is 12.8. The van der Waals surface area contributed by atoms with Crippen LogP contribution in [0, 0.1) is 0 Å². The van der Waals surface area contributed by atoms with Crippen LogP contribution in [0.2, 0.25) is 0 Å². The molecule has 2 aromatic carbocycles. The fraction of sp³-hybridized carbons (Fsp3) is 0.222. The molecule has 0 spiro atoms. The fourth-order valence-corrected chi connectivity index (χ4v) is 2.69. The van der Waals surface area contributed by atoms with Crippen molar-refractivity contribution in [3.8, 4) is 5.75 Å². The van der Waals surface area contributed by atoms with Gasteiger partial charge in [0.05, 0.1) is 6.04 Å². The maximum Gasteiger partial charge on any atom is 0.487 e. The van der Waals surface area contributed by atoms with Crippen LogP contribution in [0.3, 0.4) is 0 Å². The molecule has 2 amide bonds. The highest BCUT2D eigenvalue weighted by Gasteiger charge is 2.27. The van der Waals surface area contributed by atoms with Gasteiger partial charge in [0.15, 0.2) is 0 Å². The number of hydrogen-bond acceptors (Lipinski definition) is 4.